The molecule has 0 saturated carbocycles. The maximum Gasteiger partial charge on any atom is 0.106 e. The zero-order valence-corrected chi connectivity index (χ0v) is 7.07. The molecule has 0 amide bonds. The molecular formula is C9H12N2O. The third-order valence-corrected chi connectivity index (χ3v) is 1.74. The topological polar surface area (TPSA) is 38.1 Å². The molecule has 0 aliphatic rings. The monoisotopic (exact) mass is 164 g/mol. The third-order valence-electron chi connectivity index (χ3n) is 1.74. The summed E-state index contributed by atoms with van der Waals surface area (Å²) in [6, 6.07) is 0. The van der Waals surface area contributed by atoms with E-state index in [2.05, 4.69) is 10.9 Å². The van der Waals surface area contributed by atoms with Crippen LogP contribution >= 0.6 is 0 Å². The third kappa shape index (κ3) is 1.66. The first-order valence-electron chi connectivity index (χ1n) is 3.91. The number of aliphatic hydroxyl groups excluding tert-OH is 1. The van der Waals surface area contributed by atoms with Crippen LogP contribution in [0.25, 0.3) is 0 Å². The van der Waals surface area contributed by atoms with E-state index in [0.717, 1.165) is 12.2 Å². The van der Waals surface area contributed by atoms with Gasteiger partial charge in [-0.05, 0) is 6.92 Å². The molecule has 0 aromatic carbocycles. The fourth-order valence-corrected chi connectivity index (χ4v) is 1.09. The molecule has 12 heavy (non-hydrogen) atoms. The van der Waals surface area contributed by atoms with Gasteiger partial charge in [-0.1, -0.05) is 0 Å². The molecule has 1 rings (SSSR count). The second kappa shape index (κ2) is 3.93. The highest BCUT2D eigenvalue weighted by Gasteiger charge is 2.09. The molecule has 1 atom stereocenters. The number of aliphatic hydroxyl groups is 1. The number of aryl methyl sites for hydroxylation is 1. The lowest BCUT2D eigenvalue weighted by atomic mass is 10.2. The molecule has 0 aliphatic carbocycles. The van der Waals surface area contributed by atoms with Gasteiger partial charge in [0.2, 0.25) is 0 Å². The second-order valence-corrected chi connectivity index (χ2v) is 2.53. The number of nitrogens with zero attached hydrogens (tertiary/aromatic N) is 2. The molecule has 1 N–H and O–H groups in total. The molecule has 0 radical (unpaired) electrons. The lowest BCUT2D eigenvalue weighted by molar-refractivity contribution is 0.174. The van der Waals surface area contributed by atoms with Crippen molar-refractivity contribution in [2.24, 2.45) is 0 Å². The van der Waals surface area contributed by atoms with Gasteiger partial charge in [-0.25, -0.2) is 4.98 Å². The number of imidazole rings is 1. The smallest absolute Gasteiger partial charge is 0.106 e. The molecule has 3 heteroatoms. The van der Waals surface area contributed by atoms with Crippen molar-refractivity contribution in [1.82, 2.24) is 9.55 Å². The van der Waals surface area contributed by atoms with Gasteiger partial charge in [0.1, 0.15) is 6.10 Å². The highest BCUT2D eigenvalue weighted by Crippen LogP contribution is 2.14. The molecule has 64 valence electrons. The van der Waals surface area contributed by atoms with Gasteiger partial charge in [0.25, 0.3) is 0 Å². The number of terminal acetylenes is 1. The highest BCUT2D eigenvalue weighted by atomic mass is 16.3. The maximum absolute atomic E-state index is 9.52. The Hall–Kier alpha value is -1.27. The molecule has 1 aromatic heterocycles. The van der Waals surface area contributed by atoms with Crippen molar-refractivity contribution in [3.05, 3.63) is 18.2 Å². The average Bonchev–Trinajstić information content (AvgIpc) is 2.51. The first kappa shape index (κ1) is 8.82. The van der Waals surface area contributed by atoms with Crippen LogP contribution in [-0.4, -0.2) is 14.7 Å². The Morgan fingerprint density at radius 2 is 2.58 bits per heavy atom. The molecule has 0 fully saturated rings. The molecule has 0 spiro atoms. The van der Waals surface area contributed by atoms with Crippen LogP contribution in [0.1, 0.15) is 25.1 Å². The van der Waals surface area contributed by atoms with Gasteiger partial charge in [-0.3, -0.25) is 0 Å². The fraction of sp³-hybridized carbons (Fsp3) is 0.444. The SMILES string of the molecule is C#CCC(O)c1cncn1CC. The van der Waals surface area contributed by atoms with Crippen molar-refractivity contribution < 1.29 is 5.11 Å². The summed E-state index contributed by atoms with van der Waals surface area (Å²) in [5.41, 5.74) is 0.787. The van der Waals surface area contributed by atoms with E-state index in [4.69, 9.17) is 6.42 Å². The summed E-state index contributed by atoms with van der Waals surface area (Å²) in [5.74, 6) is 2.42. The zero-order valence-electron chi connectivity index (χ0n) is 7.07. The maximum atomic E-state index is 9.52. The van der Waals surface area contributed by atoms with E-state index in [0.29, 0.717) is 6.42 Å². The number of hydrogen-bond acceptors (Lipinski definition) is 2. The fourth-order valence-electron chi connectivity index (χ4n) is 1.09. The first-order chi connectivity index (χ1) is 5.79. The Kier molecular flexibility index (Phi) is 2.89. The van der Waals surface area contributed by atoms with Gasteiger partial charge in [0, 0.05) is 13.0 Å². The van der Waals surface area contributed by atoms with Crippen LogP contribution in [0.5, 0.6) is 0 Å². The number of rotatable bonds is 3. The lowest BCUT2D eigenvalue weighted by Gasteiger charge is -2.08. The first-order valence-corrected chi connectivity index (χ1v) is 3.91. The van der Waals surface area contributed by atoms with Crippen molar-refractivity contribution in [2.45, 2.75) is 26.0 Å². The Morgan fingerprint density at radius 1 is 1.83 bits per heavy atom. The van der Waals surface area contributed by atoms with E-state index >= 15 is 0 Å². The van der Waals surface area contributed by atoms with Gasteiger partial charge in [-0.2, -0.15) is 0 Å². The van der Waals surface area contributed by atoms with Gasteiger partial charge in [0.15, 0.2) is 0 Å². The van der Waals surface area contributed by atoms with Crippen molar-refractivity contribution in [3.8, 4) is 12.3 Å². The molecule has 1 unspecified atom stereocenters. The van der Waals surface area contributed by atoms with Crippen molar-refractivity contribution >= 4 is 0 Å². The zero-order chi connectivity index (χ0) is 8.97. The minimum Gasteiger partial charge on any atom is -0.386 e. The quantitative estimate of drug-likeness (QED) is 0.676. The standard InChI is InChI=1S/C9H12N2O/c1-3-5-9(12)8-6-10-7-11(8)4-2/h1,6-7,9,12H,4-5H2,2H3. The van der Waals surface area contributed by atoms with E-state index in [-0.39, 0.29) is 0 Å². The van der Waals surface area contributed by atoms with Crippen molar-refractivity contribution in [1.29, 1.82) is 0 Å². The van der Waals surface area contributed by atoms with Crippen LogP contribution < -0.4 is 0 Å². The Balaban J connectivity index is 2.80. The molecule has 0 bridgehead atoms. The van der Waals surface area contributed by atoms with E-state index in [1.54, 1.807) is 12.5 Å². The Bertz CT molecular complexity index is 285. The lowest BCUT2D eigenvalue weighted by Crippen LogP contribution is -2.04. The average molecular weight is 164 g/mol. The summed E-state index contributed by atoms with van der Waals surface area (Å²) in [4.78, 5) is 3.93. The van der Waals surface area contributed by atoms with Gasteiger partial charge < -0.3 is 9.67 Å². The van der Waals surface area contributed by atoms with Crippen molar-refractivity contribution in [3.63, 3.8) is 0 Å². The van der Waals surface area contributed by atoms with Crippen LogP contribution in [0.3, 0.4) is 0 Å². The van der Waals surface area contributed by atoms with Gasteiger partial charge in [-0.15, -0.1) is 12.3 Å². The van der Waals surface area contributed by atoms with Crippen LogP contribution in [0.4, 0.5) is 0 Å². The Morgan fingerprint density at radius 3 is 3.17 bits per heavy atom. The predicted molar refractivity (Wildman–Crippen MR) is 46.3 cm³/mol. The minimum absolute atomic E-state index is 0.339. The summed E-state index contributed by atoms with van der Waals surface area (Å²) >= 11 is 0. The van der Waals surface area contributed by atoms with E-state index in [1.807, 2.05) is 11.5 Å². The summed E-state index contributed by atoms with van der Waals surface area (Å²) in [6.07, 6.45) is 8.17. The molecular weight excluding hydrogens is 152 g/mol. The summed E-state index contributed by atoms with van der Waals surface area (Å²) in [5, 5.41) is 9.52. The summed E-state index contributed by atoms with van der Waals surface area (Å²) in [7, 11) is 0. The van der Waals surface area contributed by atoms with Crippen LogP contribution in [-0.2, 0) is 6.54 Å². The summed E-state index contributed by atoms with van der Waals surface area (Å²) in [6.45, 7) is 2.80. The largest absolute Gasteiger partial charge is 0.386 e. The van der Waals surface area contributed by atoms with Crippen LogP contribution in [0.15, 0.2) is 12.5 Å². The van der Waals surface area contributed by atoms with Crippen molar-refractivity contribution in [2.75, 3.05) is 0 Å². The molecule has 1 heterocycles. The molecule has 0 saturated heterocycles. The van der Waals surface area contributed by atoms with E-state index in [9.17, 15) is 5.11 Å². The molecule has 1 aromatic rings. The molecule has 0 aliphatic heterocycles. The predicted octanol–water partition coefficient (Wildman–Crippen LogP) is 0.960. The minimum atomic E-state index is -0.586. The normalized spacial score (nSPS) is 12.4. The number of aromatic nitrogens is 2. The second-order valence-electron chi connectivity index (χ2n) is 2.53. The summed E-state index contributed by atoms with van der Waals surface area (Å²) < 4.78 is 1.88. The van der Waals surface area contributed by atoms with Crippen LogP contribution in [0.2, 0.25) is 0 Å². The van der Waals surface area contributed by atoms with Gasteiger partial charge >= 0.3 is 0 Å². The molecule has 3 nitrogen and oxygen atoms in total. The van der Waals surface area contributed by atoms with E-state index in [1.165, 1.54) is 0 Å². The Labute approximate surface area is 72.1 Å². The highest BCUT2D eigenvalue weighted by molar-refractivity contribution is 5.05. The van der Waals surface area contributed by atoms with Crippen LogP contribution in [0, 0.1) is 12.3 Å². The van der Waals surface area contributed by atoms with E-state index < -0.39 is 6.10 Å². The number of hydrogen-bond donors (Lipinski definition) is 1. The van der Waals surface area contributed by atoms with Gasteiger partial charge in [0.05, 0.1) is 18.2 Å².